The van der Waals surface area contributed by atoms with Gasteiger partial charge in [-0.1, -0.05) is 17.7 Å². The van der Waals surface area contributed by atoms with Crippen LogP contribution in [-0.2, 0) is 0 Å². The van der Waals surface area contributed by atoms with E-state index in [4.69, 9.17) is 22.1 Å². The van der Waals surface area contributed by atoms with Crippen molar-refractivity contribution in [2.75, 3.05) is 12.9 Å². The molecule has 1 atom stereocenters. The first-order valence-corrected chi connectivity index (χ1v) is 8.16. The van der Waals surface area contributed by atoms with Gasteiger partial charge in [-0.25, -0.2) is 0 Å². The summed E-state index contributed by atoms with van der Waals surface area (Å²) >= 11 is 7.62. The Kier molecular flexibility index (Phi) is 5.57. The summed E-state index contributed by atoms with van der Waals surface area (Å²) in [4.78, 5) is 1.17. The molecule has 0 bridgehead atoms. The van der Waals surface area contributed by atoms with Gasteiger partial charge in [0.25, 0.3) is 0 Å². The van der Waals surface area contributed by atoms with Gasteiger partial charge in [-0.2, -0.15) is 0 Å². The number of halogens is 1. The van der Waals surface area contributed by atoms with E-state index in [-0.39, 0.29) is 6.04 Å². The fourth-order valence-corrected chi connectivity index (χ4v) is 3.38. The number of rotatable bonds is 5. The minimum Gasteiger partial charge on any atom is -0.496 e. The van der Waals surface area contributed by atoms with Crippen molar-refractivity contribution >= 4 is 23.4 Å². The molecule has 2 nitrogen and oxygen atoms in total. The summed E-state index contributed by atoms with van der Waals surface area (Å²) in [5.74, 6) is 1.67. The SMILES string of the molecule is COc1cc(C)cc(C)c1C(N)CSc1ccc(Cl)cc1. The lowest BCUT2D eigenvalue weighted by molar-refractivity contribution is 0.406. The number of aryl methyl sites for hydroxylation is 2. The maximum absolute atomic E-state index is 6.37. The molecule has 0 aromatic heterocycles. The maximum atomic E-state index is 6.37. The van der Waals surface area contributed by atoms with Crippen LogP contribution in [0.3, 0.4) is 0 Å². The molecular formula is C17H20ClNOS. The summed E-state index contributed by atoms with van der Waals surface area (Å²) < 4.78 is 5.49. The first-order chi connectivity index (χ1) is 10.0. The number of methoxy groups -OCH3 is 1. The van der Waals surface area contributed by atoms with Crippen LogP contribution in [0.5, 0.6) is 5.75 Å². The van der Waals surface area contributed by atoms with Crippen molar-refractivity contribution in [3.63, 3.8) is 0 Å². The predicted octanol–water partition coefficient (Wildman–Crippen LogP) is 4.76. The van der Waals surface area contributed by atoms with Crippen LogP contribution in [0, 0.1) is 13.8 Å². The largest absolute Gasteiger partial charge is 0.496 e. The van der Waals surface area contributed by atoms with Crippen LogP contribution in [0.25, 0.3) is 0 Å². The molecule has 0 aliphatic carbocycles. The smallest absolute Gasteiger partial charge is 0.124 e. The van der Waals surface area contributed by atoms with Crippen LogP contribution in [-0.4, -0.2) is 12.9 Å². The number of hydrogen-bond donors (Lipinski definition) is 1. The normalized spacial score (nSPS) is 12.2. The van der Waals surface area contributed by atoms with Crippen LogP contribution in [0.2, 0.25) is 5.02 Å². The number of ether oxygens (including phenoxy) is 1. The van der Waals surface area contributed by atoms with Gasteiger partial charge in [0.1, 0.15) is 5.75 Å². The molecule has 1 unspecified atom stereocenters. The fourth-order valence-electron chi connectivity index (χ4n) is 2.38. The van der Waals surface area contributed by atoms with E-state index >= 15 is 0 Å². The molecular weight excluding hydrogens is 302 g/mol. The van der Waals surface area contributed by atoms with Crippen molar-refractivity contribution in [1.29, 1.82) is 0 Å². The Morgan fingerprint density at radius 3 is 2.48 bits per heavy atom. The van der Waals surface area contributed by atoms with Gasteiger partial charge >= 0.3 is 0 Å². The lowest BCUT2D eigenvalue weighted by atomic mass is 9.99. The molecule has 0 aliphatic rings. The highest BCUT2D eigenvalue weighted by Gasteiger charge is 2.15. The van der Waals surface area contributed by atoms with Gasteiger partial charge < -0.3 is 10.5 Å². The fraction of sp³-hybridized carbons (Fsp3) is 0.294. The molecule has 21 heavy (non-hydrogen) atoms. The van der Waals surface area contributed by atoms with Crippen molar-refractivity contribution in [2.24, 2.45) is 5.73 Å². The third-order valence-corrected chi connectivity index (χ3v) is 4.71. The average molecular weight is 322 g/mol. The van der Waals surface area contributed by atoms with Crippen molar-refractivity contribution < 1.29 is 4.74 Å². The topological polar surface area (TPSA) is 35.2 Å². The second-order valence-corrected chi connectivity index (χ2v) is 6.60. The van der Waals surface area contributed by atoms with Crippen LogP contribution in [0.15, 0.2) is 41.3 Å². The van der Waals surface area contributed by atoms with Crippen molar-refractivity contribution in [3.05, 3.63) is 58.1 Å². The molecule has 0 radical (unpaired) electrons. The molecule has 4 heteroatoms. The Bertz CT molecular complexity index is 613. The van der Waals surface area contributed by atoms with E-state index in [9.17, 15) is 0 Å². The molecule has 2 aromatic carbocycles. The lowest BCUT2D eigenvalue weighted by Crippen LogP contribution is -2.16. The Labute approximate surface area is 135 Å². The zero-order chi connectivity index (χ0) is 15.4. The van der Waals surface area contributed by atoms with Gasteiger partial charge in [0.05, 0.1) is 7.11 Å². The van der Waals surface area contributed by atoms with Crippen LogP contribution in [0.4, 0.5) is 0 Å². The summed E-state index contributed by atoms with van der Waals surface area (Å²) in [6.45, 7) is 4.14. The van der Waals surface area contributed by atoms with Gasteiger partial charge in [0.15, 0.2) is 0 Å². The number of nitrogens with two attached hydrogens (primary N) is 1. The first-order valence-electron chi connectivity index (χ1n) is 6.80. The number of benzene rings is 2. The predicted molar refractivity (Wildman–Crippen MR) is 91.6 cm³/mol. The van der Waals surface area contributed by atoms with Gasteiger partial charge in [-0.05, 0) is 55.3 Å². The van der Waals surface area contributed by atoms with Crippen molar-refractivity contribution in [1.82, 2.24) is 0 Å². The molecule has 112 valence electrons. The molecule has 0 heterocycles. The molecule has 2 aromatic rings. The number of hydrogen-bond acceptors (Lipinski definition) is 3. The quantitative estimate of drug-likeness (QED) is 0.806. The second kappa shape index (κ2) is 7.21. The Hall–Kier alpha value is -1.16. The molecule has 0 fully saturated rings. The van der Waals surface area contributed by atoms with E-state index in [0.717, 1.165) is 22.1 Å². The highest BCUT2D eigenvalue weighted by molar-refractivity contribution is 7.99. The summed E-state index contributed by atoms with van der Waals surface area (Å²) in [6, 6.07) is 11.9. The molecule has 0 amide bonds. The van der Waals surface area contributed by atoms with Crippen LogP contribution in [0.1, 0.15) is 22.7 Å². The molecule has 0 aliphatic heterocycles. The minimum atomic E-state index is -0.0683. The van der Waals surface area contributed by atoms with E-state index < -0.39 is 0 Å². The van der Waals surface area contributed by atoms with Crippen molar-refractivity contribution in [3.8, 4) is 5.75 Å². The van der Waals surface area contributed by atoms with Crippen molar-refractivity contribution in [2.45, 2.75) is 24.8 Å². The Morgan fingerprint density at radius 1 is 1.19 bits per heavy atom. The lowest BCUT2D eigenvalue weighted by Gasteiger charge is -2.19. The minimum absolute atomic E-state index is 0.0683. The third-order valence-electron chi connectivity index (χ3n) is 3.33. The van der Waals surface area contributed by atoms with E-state index in [1.807, 2.05) is 30.3 Å². The third kappa shape index (κ3) is 4.16. The molecule has 0 saturated heterocycles. The second-order valence-electron chi connectivity index (χ2n) is 5.07. The van der Waals surface area contributed by atoms with Gasteiger partial charge in [0.2, 0.25) is 0 Å². The Balaban J connectivity index is 2.13. The first kappa shape index (κ1) is 16.2. The van der Waals surface area contributed by atoms with Gasteiger partial charge in [-0.3, -0.25) is 0 Å². The molecule has 0 spiro atoms. The standard InChI is InChI=1S/C17H20ClNOS/c1-11-8-12(2)17(16(9-11)20-3)15(19)10-21-14-6-4-13(18)5-7-14/h4-9,15H,10,19H2,1-3H3. The summed E-state index contributed by atoms with van der Waals surface area (Å²) in [5, 5.41) is 0.750. The zero-order valence-corrected chi connectivity index (χ0v) is 14.1. The molecule has 0 saturated carbocycles. The zero-order valence-electron chi connectivity index (χ0n) is 12.5. The summed E-state index contributed by atoms with van der Waals surface area (Å²) in [6.07, 6.45) is 0. The van der Waals surface area contributed by atoms with Crippen LogP contribution < -0.4 is 10.5 Å². The van der Waals surface area contributed by atoms with Gasteiger partial charge in [-0.15, -0.1) is 11.8 Å². The van der Waals surface area contributed by atoms with E-state index in [2.05, 4.69) is 19.9 Å². The summed E-state index contributed by atoms with van der Waals surface area (Å²) in [7, 11) is 1.69. The molecule has 2 N–H and O–H groups in total. The summed E-state index contributed by atoms with van der Waals surface area (Å²) in [5.41, 5.74) is 9.82. The number of thioether (sulfide) groups is 1. The maximum Gasteiger partial charge on any atom is 0.124 e. The highest BCUT2D eigenvalue weighted by atomic mass is 35.5. The van der Waals surface area contributed by atoms with Crippen LogP contribution >= 0.6 is 23.4 Å². The van der Waals surface area contributed by atoms with E-state index in [1.54, 1.807) is 18.9 Å². The van der Waals surface area contributed by atoms with E-state index in [0.29, 0.717) is 0 Å². The average Bonchev–Trinajstić information content (AvgIpc) is 2.45. The Morgan fingerprint density at radius 2 is 1.86 bits per heavy atom. The monoisotopic (exact) mass is 321 g/mol. The van der Waals surface area contributed by atoms with E-state index in [1.165, 1.54) is 16.0 Å². The van der Waals surface area contributed by atoms with Gasteiger partial charge in [0, 0.05) is 27.3 Å². The highest BCUT2D eigenvalue weighted by Crippen LogP contribution is 2.32. The molecule has 2 rings (SSSR count).